The van der Waals surface area contributed by atoms with Crippen molar-refractivity contribution in [2.24, 2.45) is 0 Å². The minimum absolute atomic E-state index is 0. The van der Waals surface area contributed by atoms with Crippen LogP contribution in [0.1, 0.15) is 92.7 Å². The minimum Gasteiger partial charge on any atom is -1.00 e. The van der Waals surface area contributed by atoms with Crippen LogP contribution >= 0.6 is 0 Å². The number of hydrogen-bond donors (Lipinski definition) is 0. The molecule has 150 valence electrons. The number of unbranched alkanes of at least 4 members (excludes halogenated alkanes) is 9. The molecule has 0 N–H and O–H groups in total. The lowest BCUT2D eigenvalue weighted by atomic mass is 10.1. The summed E-state index contributed by atoms with van der Waals surface area (Å²) < 4.78 is 2.24. The number of nitrogens with zero attached hydrogens (tertiary/aromatic N) is 2. The number of hydrogen-bond acceptors (Lipinski definition) is 1. The van der Waals surface area contributed by atoms with E-state index in [2.05, 4.69) is 30.7 Å². The van der Waals surface area contributed by atoms with Crippen molar-refractivity contribution in [2.75, 3.05) is 14.1 Å². The molecule has 0 aliphatic carbocycles. The lowest BCUT2D eigenvalue weighted by Crippen LogP contribution is -3.00. The van der Waals surface area contributed by atoms with Crippen LogP contribution in [0.5, 0.6) is 0 Å². The topological polar surface area (TPSA) is 24.2 Å². The molecule has 26 heavy (non-hydrogen) atoms. The van der Waals surface area contributed by atoms with Crippen LogP contribution < -0.4 is 21.5 Å². The zero-order valence-corrected chi connectivity index (χ0v) is 19.2. The summed E-state index contributed by atoms with van der Waals surface area (Å²) in [5.74, 6) is 0.104. The van der Waals surface area contributed by atoms with Gasteiger partial charge in [0.2, 0.25) is 0 Å². The Kier molecular flexibility index (Phi) is 13.7. The molecule has 1 rings (SSSR count). The number of carbonyl (C=O) groups excluding carboxylic acids is 1. The zero-order chi connectivity index (χ0) is 18.7. The van der Waals surface area contributed by atoms with Crippen molar-refractivity contribution in [3.63, 3.8) is 0 Å². The average molecular weight is 427 g/mol. The fraction of sp³-hybridized carbons (Fsp3) is 0.727. The number of carbonyl (C=O) groups is 1. The molecule has 0 unspecified atom stereocenters. The summed E-state index contributed by atoms with van der Waals surface area (Å²) in [5, 5.41) is 0. The molecule has 4 heteroatoms. The average Bonchev–Trinajstić information content (AvgIpc) is 2.58. The van der Waals surface area contributed by atoms with Gasteiger partial charge < -0.3 is 21.9 Å². The highest BCUT2D eigenvalue weighted by Crippen LogP contribution is 2.13. The predicted octanol–water partition coefficient (Wildman–Crippen LogP) is 2.22. The van der Waals surface area contributed by atoms with Gasteiger partial charge in [0.25, 0.3) is 5.91 Å². The number of pyridine rings is 1. The summed E-state index contributed by atoms with van der Waals surface area (Å²) in [5.41, 5.74) is 3.02. The van der Waals surface area contributed by atoms with Crippen LogP contribution in [0.4, 0.5) is 0 Å². The Bertz CT molecular complexity index is 529. The number of aryl methyl sites for hydroxylation is 2. The molecule has 0 atom stereocenters. The molecular formula is C22H39BrN2O. The maximum Gasteiger partial charge on any atom is 0.259 e. The number of halogens is 1. The fourth-order valence-corrected chi connectivity index (χ4v) is 3.38. The Labute approximate surface area is 171 Å². The molecule has 1 aromatic rings. The highest BCUT2D eigenvalue weighted by molar-refractivity contribution is 5.95. The Morgan fingerprint density at radius 1 is 0.923 bits per heavy atom. The van der Waals surface area contributed by atoms with Gasteiger partial charge in [-0.25, -0.2) is 4.57 Å². The number of aromatic nitrogens is 1. The fourth-order valence-electron chi connectivity index (χ4n) is 3.38. The van der Waals surface area contributed by atoms with Crippen LogP contribution in [-0.4, -0.2) is 24.9 Å². The molecule has 1 aromatic heterocycles. The first-order chi connectivity index (χ1) is 12.0. The molecule has 0 aliphatic heterocycles. The molecule has 0 radical (unpaired) electrons. The van der Waals surface area contributed by atoms with Gasteiger partial charge in [-0.3, -0.25) is 4.79 Å². The molecule has 3 nitrogen and oxygen atoms in total. The summed E-state index contributed by atoms with van der Waals surface area (Å²) in [7, 11) is 3.64. The maximum absolute atomic E-state index is 12.4. The Morgan fingerprint density at radius 2 is 1.42 bits per heavy atom. The van der Waals surface area contributed by atoms with Gasteiger partial charge >= 0.3 is 0 Å². The van der Waals surface area contributed by atoms with E-state index in [0.717, 1.165) is 23.4 Å². The second-order valence-corrected chi connectivity index (χ2v) is 7.53. The molecule has 0 spiro atoms. The largest absolute Gasteiger partial charge is 1.00 e. The Balaban J connectivity index is 0.00000625. The van der Waals surface area contributed by atoms with E-state index in [1.165, 1.54) is 64.2 Å². The Morgan fingerprint density at radius 3 is 1.92 bits per heavy atom. The molecular weight excluding hydrogens is 388 g/mol. The molecule has 0 saturated carbocycles. The second-order valence-electron chi connectivity index (χ2n) is 7.53. The SMILES string of the molecule is CCCCCCCCCCCC[n+]1ccc(C)c(C(=O)N(C)C)c1C.[Br-]. The molecule has 0 aliphatic rings. The quantitative estimate of drug-likeness (QED) is 0.371. The van der Waals surface area contributed by atoms with Crippen molar-refractivity contribution in [1.82, 2.24) is 4.90 Å². The summed E-state index contributed by atoms with van der Waals surface area (Å²) in [6.45, 7) is 7.37. The van der Waals surface area contributed by atoms with E-state index in [0.29, 0.717) is 0 Å². The molecule has 0 aromatic carbocycles. The normalized spacial score (nSPS) is 10.5. The number of amides is 1. The third-order valence-corrected chi connectivity index (χ3v) is 5.06. The van der Waals surface area contributed by atoms with Crippen LogP contribution in [-0.2, 0) is 6.54 Å². The Hall–Kier alpha value is -0.900. The van der Waals surface area contributed by atoms with Crippen molar-refractivity contribution in [2.45, 2.75) is 91.5 Å². The van der Waals surface area contributed by atoms with Crippen molar-refractivity contribution >= 4 is 5.91 Å². The highest BCUT2D eigenvalue weighted by Gasteiger charge is 2.21. The lowest BCUT2D eigenvalue weighted by molar-refractivity contribution is -0.703. The third-order valence-electron chi connectivity index (χ3n) is 5.06. The monoisotopic (exact) mass is 426 g/mol. The van der Waals surface area contributed by atoms with Gasteiger partial charge in [-0.1, -0.05) is 58.3 Å². The first kappa shape index (κ1) is 25.1. The van der Waals surface area contributed by atoms with Gasteiger partial charge in [0.05, 0.1) is 0 Å². The number of rotatable bonds is 12. The first-order valence-electron chi connectivity index (χ1n) is 10.2. The smallest absolute Gasteiger partial charge is 0.259 e. The van der Waals surface area contributed by atoms with Crippen LogP contribution in [0.15, 0.2) is 12.3 Å². The van der Waals surface area contributed by atoms with Gasteiger partial charge in [-0.15, -0.1) is 0 Å². The molecule has 1 heterocycles. The summed E-state index contributed by atoms with van der Waals surface area (Å²) in [6.07, 6.45) is 15.7. The van der Waals surface area contributed by atoms with E-state index in [4.69, 9.17) is 0 Å². The zero-order valence-electron chi connectivity index (χ0n) is 17.6. The van der Waals surface area contributed by atoms with E-state index >= 15 is 0 Å². The van der Waals surface area contributed by atoms with Crippen molar-refractivity contribution in [3.05, 3.63) is 29.1 Å². The standard InChI is InChI=1S/C22H39N2O.BrH/c1-6-7-8-9-10-11-12-13-14-15-17-24-18-16-19(2)21(20(24)3)22(25)23(4)5;/h16,18H,6-15,17H2,1-5H3;1H/q+1;/p-1. The van der Waals surface area contributed by atoms with Gasteiger partial charge in [-0.2, -0.15) is 0 Å². The summed E-state index contributed by atoms with van der Waals surface area (Å²) in [4.78, 5) is 14.1. The van der Waals surface area contributed by atoms with E-state index in [-0.39, 0.29) is 22.9 Å². The second kappa shape index (κ2) is 14.2. The third kappa shape index (κ3) is 8.66. The van der Waals surface area contributed by atoms with Gasteiger partial charge in [0.15, 0.2) is 11.9 Å². The lowest BCUT2D eigenvalue weighted by Gasteiger charge is -2.13. The van der Waals surface area contributed by atoms with Crippen molar-refractivity contribution in [1.29, 1.82) is 0 Å². The van der Waals surface area contributed by atoms with E-state index in [1.807, 2.05) is 21.0 Å². The highest BCUT2D eigenvalue weighted by atomic mass is 79.9. The maximum atomic E-state index is 12.4. The van der Waals surface area contributed by atoms with E-state index in [9.17, 15) is 4.79 Å². The first-order valence-corrected chi connectivity index (χ1v) is 10.2. The molecule has 0 fully saturated rings. The van der Waals surface area contributed by atoms with Crippen LogP contribution in [0, 0.1) is 13.8 Å². The van der Waals surface area contributed by atoms with Crippen LogP contribution in [0.2, 0.25) is 0 Å². The minimum atomic E-state index is 0. The van der Waals surface area contributed by atoms with Crippen molar-refractivity contribution in [3.8, 4) is 0 Å². The van der Waals surface area contributed by atoms with Crippen molar-refractivity contribution < 1.29 is 26.3 Å². The summed E-state index contributed by atoms with van der Waals surface area (Å²) >= 11 is 0. The van der Waals surface area contributed by atoms with Gasteiger partial charge in [0.1, 0.15) is 12.1 Å². The molecule has 1 amide bonds. The summed E-state index contributed by atoms with van der Waals surface area (Å²) in [6, 6.07) is 2.07. The van der Waals surface area contributed by atoms with E-state index < -0.39 is 0 Å². The molecule has 0 bridgehead atoms. The van der Waals surface area contributed by atoms with Gasteiger partial charge in [0, 0.05) is 33.5 Å². The molecule has 0 saturated heterocycles. The van der Waals surface area contributed by atoms with Gasteiger partial charge in [-0.05, 0) is 18.9 Å². The predicted molar refractivity (Wildman–Crippen MR) is 106 cm³/mol. The van der Waals surface area contributed by atoms with Crippen LogP contribution in [0.3, 0.4) is 0 Å². The van der Waals surface area contributed by atoms with Crippen LogP contribution in [0.25, 0.3) is 0 Å². The van der Waals surface area contributed by atoms with E-state index in [1.54, 1.807) is 4.90 Å².